The minimum atomic E-state index is -0.616. The first-order valence-corrected chi connectivity index (χ1v) is 8.87. The number of nitrogens with zero attached hydrogens (tertiary/aromatic N) is 2. The SMILES string of the molecule is CN(C(=O)OC(C)(C)C)c1ccc(-c2ccc(NC(C)(C)C#N)cc2)cc1. The van der Waals surface area contributed by atoms with Crippen molar-refractivity contribution in [2.45, 2.75) is 45.8 Å². The highest BCUT2D eigenvalue weighted by Crippen LogP contribution is 2.26. The highest BCUT2D eigenvalue weighted by molar-refractivity contribution is 5.87. The molecule has 0 radical (unpaired) electrons. The lowest BCUT2D eigenvalue weighted by Gasteiger charge is -2.24. The summed E-state index contributed by atoms with van der Waals surface area (Å²) in [4.78, 5) is 13.7. The van der Waals surface area contributed by atoms with Gasteiger partial charge in [-0.1, -0.05) is 24.3 Å². The number of hydrogen-bond donors (Lipinski definition) is 1. The van der Waals surface area contributed by atoms with Crippen LogP contribution in [0.15, 0.2) is 48.5 Å². The zero-order valence-electron chi connectivity index (χ0n) is 16.8. The molecule has 27 heavy (non-hydrogen) atoms. The van der Waals surface area contributed by atoms with Gasteiger partial charge >= 0.3 is 6.09 Å². The molecule has 2 aromatic rings. The Morgan fingerprint density at radius 1 is 0.963 bits per heavy atom. The third kappa shape index (κ3) is 5.75. The second-order valence-electron chi connectivity index (χ2n) is 8.03. The largest absolute Gasteiger partial charge is 0.443 e. The summed E-state index contributed by atoms with van der Waals surface area (Å²) in [7, 11) is 1.69. The monoisotopic (exact) mass is 365 g/mol. The van der Waals surface area contributed by atoms with Crippen LogP contribution in [0.2, 0.25) is 0 Å². The molecule has 2 aromatic carbocycles. The molecule has 0 atom stereocenters. The van der Waals surface area contributed by atoms with Crippen LogP contribution in [0, 0.1) is 11.3 Å². The standard InChI is InChI=1S/C22H27N3O2/c1-21(2,3)27-20(26)25(6)19-13-9-17(10-14-19)16-7-11-18(12-8-16)24-22(4,5)15-23/h7-14,24H,1-6H3. The second-order valence-corrected chi connectivity index (χ2v) is 8.03. The molecule has 142 valence electrons. The Kier molecular flexibility index (Phi) is 5.80. The predicted octanol–water partition coefficient (Wildman–Crippen LogP) is 5.44. The van der Waals surface area contributed by atoms with Crippen molar-refractivity contribution in [2.24, 2.45) is 0 Å². The van der Waals surface area contributed by atoms with E-state index in [4.69, 9.17) is 10.00 Å². The maximum absolute atomic E-state index is 12.2. The molecule has 0 aromatic heterocycles. The number of amides is 1. The van der Waals surface area contributed by atoms with Gasteiger partial charge in [0.05, 0.1) is 6.07 Å². The summed E-state index contributed by atoms with van der Waals surface area (Å²) in [6.07, 6.45) is -0.384. The number of benzene rings is 2. The van der Waals surface area contributed by atoms with Crippen LogP contribution in [0.3, 0.4) is 0 Å². The first-order valence-electron chi connectivity index (χ1n) is 8.87. The molecule has 0 aliphatic heterocycles. The maximum Gasteiger partial charge on any atom is 0.414 e. The normalized spacial score (nSPS) is 11.4. The zero-order valence-corrected chi connectivity index (χ0v) is 16.8. The maximum atomic E-state index is 12.2. The van der Waals surface area contributed by atoms with E-state index < -0.39 is 11.1 Å². The van der Waals surface area contributed by atoms with Crippen molar-refractivity contribution in [2.75, 3.05) is 17.3 Å². The van der Waals surface area contributed by atoms with Crippen LogP contribution in [-0.4, -0.2) is 24.3 Å². The molecule has 5 heteroatoms. The number of rotatable bonds is 4. The molecule has 0 fully saturated rings. The molecule has 5 nitrogen and oxygen atoms in total. The Morgan fingerprint density at radius 2 is 1.44 bits per heavy atom. The number of hydrogen-bond acceptors (Lipinski definition) is 4. The fourth-order valence-corrected chi connectivity index (χ4v) is 2.45. The average Bonchev–Trinajstić information content (AvgIpc) is 2.60. The van der Waals surface area contributed by atoms with E-state index in [1.165, 1.54) is 4.90 Å². The lowest BCUT2D eigenvalue weighted by Crippen LogP contribution is -2.34. The zero-order chi connectivity index (χ0) is 20.2. The van der Waals surface area contributed by atoms with Crippen LogP contribution < -0.4 is 10.2 Å². The molecule has 0 aliphatic rings. The minimum Gasteiger partial charge on any atom is -0.443 e. The molecular formula is C22H27N3O2. The lowest BCUT2D eigenvalue weighted by molar-refractivity contribution is 0.0589. The molecule has 0 saturated heterocycles. The fraction of sp³-hybridized carbons (Fsp3) is 0.364. The third-order valence-corrected chi connectivity index (χ3v) is 3.88. The summed E-state index contributed by atoms with van der Waals surface area (Å²) in [5.41, 5.74) is 2.62. The van der Waals surface area contributed by atoms with Crippen molar-refractivity contribution in [3.05, 3.63) is 48.5 Å². The number of carbonyl (C=O) groups excluding carboxylic acids is 1. The minimum absolute atomic E-state index is 0.384. The van der Waals surface area contributed by atoms with Gasteiger partial charge in [0.25, 0.3) is 0 Å². The van der Waals surface area contributed by atoms with Gasteiger partial charge in [-0.2, -0.15) is 5.26 Å². The van der Waals surface area contributed by atoms with E-state index in [2.05, 4.69) is 11.4 Å². The van der Waals surface area contributed by atoms with Crippen LogP contribution in [0.25, 0.3) is 11.1 Å². The van der Waals surface area contributed by atoms with Gasteiger partial charge in [-0.25, -0.2) is 4.79 Å². The van der Waals surface area contributed by atoms with Crippen molar-refractivity contribution in [3.8, 4) is 17.2 Å². The van der Waals surface area contributed by atoms with Crippen molar-refractivity contribution in [3.63, 3.8) is 0 Å². The summed E-state index contributed by atoms with van der Waals surface area (Å²) in [6.45, 7) is 9.20. The summed E-state index contributed by atoms with van der Waals surface area (Å²) in [5.74, 6) is 0. The van der Waals surface area contributed by atoms with E-state index in [0.29, 0.717) is 0 Å². The molecule has 1 amide bonds. The summed E-state index contributed by atoms with van der Waals surface area (Å²) >= 11 is 0. The highest BCUT2D eigenvalue weighted by Gasteiger charge is 2.20. The van der Waals surface area contributed by atoms with Gasteiger partial charge in [0.15, 0.2) is 0 Å². The van der Waals surface area contributed by atoms with E-state index in [1.807, 2.05) is 83.1 Å². The lowest BCUT2D eigenvalue weighted by atomic mass is 10.0. The Morgan fingerprint density at radius 3 is 1.89 bits per heavy atom. The van der Waals surface area contributed by atoms with Crippen LogP contribution in [0.4, 0.5) is 16.2 Å². The number of anilines is 2. The van der Waals surface area contributed by atoms with Crippen LogP contribution in [0.1, 0.15) is 34.6 Å². The highest BCUT2D eigenvalue weighted by atomic mass is 16.6. The smallest absolute Gasteiger partial charge is 0.414 e. The molecule has 0 heterocycles. The Labute approximate surface area is 161 Å². The van der Waals surface area contributed by atoms with Crippen LogP contribution >= 0.6 is 0 Å². The van der Waals surface area contributed by atoms with E-state index >= 15 is 0 Å². The van der Waals surface area contributed by atoms with E-state index in [-0.39, 0.29) is 6.09 Å². The summed E-state index contributed by atoms with van der Waals surface area (Å²) in [5, 5.41) is 12.3. The topological polar surface area (TPSA) is 65.4 Å². The van der Waals surface area contributed by atoms with Gasteiger partial charge in [-0.15, -0.1) is 0 Å². The van der Waals surface area contributed by atoms with Gasteiger partial charge in [-0.05, 0) is 70.0 Å². The fourth-order valence-electron chi connectivity index (χ4n) is 2.45. The molecule has 0 bridgehead atoms. The average molecular weight is 365 g/mol. The van der Waals surface area contributed by atoms with E-state index in [0.717, 1.165) is 22.5 Å². The van der Waals surface area contributed by atoms with Crippen molar-refractivity contribution >= 4 is 17.5 Å². The molecule has 1 N–H and O–H groups in total. The number of nitriles is 1. The van der Waals surface area contributed by atoms with Crippen LogP contribution in [-0.2, 0) is 4.74 Å². The first-order chi connectivity index (χ1) is 12.5. The molecule has 0 saturated carbocycles. The van der Waals surface area contributed by atoms with Gasteiger partial charge in [0, 0.05) is 18.4 Å². The molecule has 0 spiro atoms. The van der Waals surface area contributed by atoms with Gasteiger partial charge in [0.1, 0.15) is 11.1 Å². The third-order valence-electron chi connectivity index (χ3n) is 3.88. The van der Waals surface area contributed by atoms with Gasteiger partial charge < -0.3 is 10.1 Å². The summed E-state index contributed by atoms with van der Waals surface area (Å²) < 4.78 is 5.39. The van der Waals surface area contributed by atoms with Crippen molar-refractivity contribution in [1.82, 2.24) is 0 Å². The van der Waals surface area contributed by atoms with E-state index in [1.54, 1.807) is 7.05 Å². The van der Waals surface area contributed by atoms with Gasteiger partial charge in [-0.3, -0.25) is 4.90 Å². The Bertz CT molecular complexity index is 826. The predicted molar refractivity (Wildman–Crippen MR) is 110 cm³/mol. The molecular weight excluding hydrogens is 338 g/mol. The first kappa shape index (κ1) is 20.3. The molecule has 0 aliphatic carbocycles. The van der Waals surface area contributed by atoms with Crippen molar-refractivity contribution < 1.29 is 9.53 Å². The van der Waals surface area contributed by atoms with E-state index in [9.17, 15) is 4.79 Å². The number of ether oxygens (including phenoxy) is 1. The molecule has 0 unspecified atom stereocenters. The van der Waals surface area contributed by atoms with Gasteiger partial charge in [0.2, 0.25) is 0 Å². The van der Waals surface area contributed by atoms with Crippen molar-refractivity contribution in [1.29, 1.82) is 5.26 Å². The van der Waals surface area contributed by atoms with Crippen LogP contribution in [0.5, 0.6) is 0 Å². The Balaban J connectivity index is 2.11. The number of nitrogens with one attached hydrogen (secondary N) is 1. The summed E-state index contributed by atoms with van der Waals surface area (Å²) in [6, 6.07) is 17.9. The Hall–Kier alpha value is -3.00. The second kappa shape index (κ2) is 7.71. The molecule has 2 rings (SSSR count). The number of carbonyl (C=O) groups is 1. The quantitative estimate of drug-likeness (QED) is 0.783.